The molecule has 0 saturated heterocycles. The highest BCUT2D eigenvalue weighted by atomic mass is 32.1. The highest BCUT2D eigenvalue weighted by molar-refractivity contribution is 7.13. The van der Waals surface area contributed by atoms with Crippen molar-refractivity contribution in [2.45, 2.75) is 20.0 Å². The number of amides is 1. The molecular weight excluding hydrogens is 306 g/mol. The number of carbonyl (C=O) groups is 2. The third-order valence-corrected chi connectivity index (χ3v) is 3.20. The molecule has 2 N–H and O–H groups in total. The summed E-state index contributed by atoms with van der Waals surface area (Å²) in [5, 5.41) is 7.70. The molecule has 0 fully saturated rings. The largest absolute Gasteiger partial charge is 0.459 e. The molecule has 0 saturated carbocycles. The molecule has 116 valence electrons. The summed E-state index contributed by atoms with van der Waals surface area (Å²) < 4.78 is 5.10. The van der Waals surface area contributed by atoms with E-state index < -0.39 is 0 Å². The van der Waals surface area contributed by atoms with E-state index in [0.717, 1.165) is 0 Å². The Kier molecular flexibility index (Phi) is 5.78. The fourth-order valence-corrected chi connectivity index (χ4v) is 2.22. The van der Waals surface area contributed by atoms with E-state index in [4.69, 9.17) is 4.74 Å². The van der Waals surface area contributed by atoms with Crippen molar-refractivity contribution < 1.29 is 14.3 Å². The van der Waals surface area contributed by atoms with E-state index in [1.807, 2.05) is 0 Å². The summed E-state index contributed by atoms with van der Waals surface area (Å²) >= 11 is 1.28. The van der Waals surface area contributed by atoms with Crippen molar-refractivity contribution in [2.24, 2.45) is 0 Å². The molecule has 0 spiro atoms. The fourth-order valence-electron chi connectivity index (χ4n) is 1.47. The maximum atomic E-state index is 11.6. The van der Waals surface area contributed by atoms with E-state index in [-0.39, 0.29) is 24.9 Å². The summed E-state index contributed by atoms with van der Waals surface area (Å²) in [7, 11) is 0. The van der Waals surface area contributed by atoms with E-state index in [9.17, 15) is 9.59 Å². The number of nitrogens with one attached hydrogen (secondary N) is 2. The van der Waals surface area contributed by atoms with Crippen LogP contribution < -0.4 is 10.6 Å². The SMILES string of the molecule is CC(=O)Nc1nc(COC(=O)CCNc2ncccn2)cs1. The second-order valence-electron chi connectivity index (χ2n) is 4.24. The molecule has 2 rings (SSSR count). The van der Waals surface area contributed by atoms with Gasteiger partial charge in [0.2, 0.25) is 11.9 Å². The molecule has 1 amide bonds. The second-order valence-corrected chi connectivity index (χ2v) is 5.09. The molecule has 0 radical (unpaired) electrons. The maximum Gasteiger partial charge on any atom is 0.307 e. The number of carbonyl (C=O) groups excluding carboxylic acids is 2. The minimum absolute atomic E-state index is 0.0801. The molecule has 0 aliphatic heterocycles. The van der Waals surface area contributed by atoms with Crippen molar-refractivity contribution in [3.05, 3.63) is 29.5 Å². The van der Waals surface area contributed by atoms with Gasteiger partial charge < -0.3 is 15.4 Å². The third-order valence-electron chi connectivity index (χ3n) is 2.39. The van der Waals surface area contributed by atoms with Gasteiger partial charge in [-0.25, -0.2) is 15.0 Å². The smallest absolute Gasteiger partial charge is 0.307 e. The van der Waals surface area contributed by atoms with Gasteiger partial charge in [0.25, 0.3) is 0 Å². The van der Waals surface area contributed by atoms with Crippen LogP contribution in [0, 0.1) is 0 Å². The van der Waals surface area contributed by atoms with E-state index >= 15 is 0 Å². The van der Waals surface area contributed by atoms with E-state index in [1.165, 1.54) is 18.3 Å². The van der Waals surface area contributed by atoms with Crippen LogP contribution in [-0.2, 0) is 20.9 Å². The monoisotopic (exact) mass is 321 g/mol. The zero-order valence-corrected chi connectivity index (χ0v) is 12.7. The average molecular weight is 321 g/mol. The number of rotatable bonds is 7. The normalized spacial score (nSPS) is 10.0. The lowest BCUT2D eigenvalue weighted by Crippen LogP contribution is -2.12. The van der Waals surface area contributed by atoms with Crippen molar-refractivity contribution in [2.75, 3.05) is 17.2 Å². The summed E-state index contributed by atoms with van der Waals surface area (Å²) in [5.74, 6) is -0.0700. The molecular formula is C13H15N5O3S. The molecule has 0 aliphatic rings. The predicted molar refractivity (Wildman–Crippen MR) is 81.4 cm³/mol. The van der Waals surface area contributed by atoms with Crippen molar-refractivity contribution in [1.29, 1.82) is 0 Å². The van der Waals surface area contributed by atoms with Crippen LogP contribution in [0.15, 0.2) is 23.8 Å². The van der Waals surface area contributed by atoms with Crippen LogP contribution in [0.3, 0.4) is 0 Å². The molecule has 22 heavy (non-hydrogen) atoms. The molecule has 2 aromatic heterocycles. The third kappa shape index (κ3) is 5.44. The van der Waals surface area contributed by atoms with E-state index in [2.05, 4.69) is 25.6 Å². The summed E-state index contributed by atoms with van der Waals surface area (Å²) in [6.45, 7) is 1.87. The van der Waals surface area contributed by atoms with Gasteiger partial charge in [-0.1, -0.05) is 0 Å². The van der Waals surface area contributed by atoms with Crippen molar-refractivity contribution in [3.8, 4) is 0 Å². The first-order valence-electron chi connectivity index (χ1n) is 6.52. The molecule has 2 heterocycles. The Labute approximate surface area is 131 Å². The molecule has 9 heteroatoms. The van der Waals surface area contributed by atoms with Gasteiger partial charge >= 0.3 is 5.97 Å². The second kappa shape index (κ2) is 8.03. The van der Waals surface area contributed by atoms with Crippen LogP contribution in [0.5, 0.6) is 0 Å². The zero-order chi connectivity index (χ0) is 15.8. The lowest BCUT2D eigenvalue weighted by atomic mass is 10.4. The fraction of sp³-hybridized carbons (Fsp3) is 0.308. The van der Waals surface area contributed by atoms with Gasteiger partial charge in [0, 0.05) is 31.2 Å². The van der Waals surface area contributed by atoms with Crippen LogP contribution in [-0.4, -0.2) is 33.4 Å². The lowest BCUT2D eigenvalue weighted by Gasteiger charge is -2.04. The number of thiazole rings is 1. The van der Waals surface area contributed by atoms with Gasteiger partial charge in [-0.05, 0) is 6.07 Å². The first kappa shape index (κ1) is 15.8. The summed E-state index contributed by atoms with van der Waals surface area (Å²) in [6.07, 6.45) is 3.42. The number of nitrogens with zero attached hydrogens (tertiary/aromatic N) is 3. The van der Waals surface area contributed by atoms with Gasteiger partial charge in [-0.2, -0.15) is 0 Å². The van der Waals surface area contributed by atoms with E-state index in [1.54, 1.807) is 23.8 Å². The van der Waals surface area contributed by atoms with Crippen molar-refractivity contribution in [1.82, 2.24) is 15.0 Å². The summed E-state index contributed by atoms with van der Waals surface area (Å²) in [5.41, 5.74) is 0.599. The molecule has 0 bridgehead atoms. The quantitative estimate of drug-likeness (QED) is 0.743. The van der Waals surface area contributed by atoms with Crippen molar-refractivity contribution in [3.63, 3.8) is 0 Å². The minimum Gasteiger partial charge on any atom is -0.459 e. The Balaban J connectivity index is 1.67. The van der Waals surface area contributed by atoms with Gasteiger partial charge in [0.15, 0.2) is 5.13 Å². The molecule has 0 aliphatic carbocycles. The van der Waals surface area contributed by atoms with Gasteiger partial charge in [0.1, 0.15) is 6.61 Å². The number of hydrogen-bond donors (Lipinski definition) is 2. The Hall–Kier alpha value is -2.55. The molecule has 2 aromatic rings. The predicted octanol–water partition coefficient (Wildman–Crippen LogP) is 1.44. The van der Waals surface area contributed by atoms with Gasteiger partial charge in [0.05, 0.1) is 12.1 Å². The topological polar surface area (TPSA) is 106 Å². The molecule has 0 unspecified atom stereocenters. The molecule has 0 aromatic carbocycles. The minimum atomic E-state index is -0.350. The molecule has 8 nitrogen and oxygen atoms in total. The molecule has 0 atom stereocenters. The Morgan fingerprint density at radius 1 is 1.32 bits per heavy atom. The summed E-state index contributed by atoms with van der Waals surface area (Å²) in [4.78, 5) is 34.6. The number of anilines is 2. The zero-order valence-electron chi connectivity index (χ0n) is 11.9. The van der Waals surface area contributed by atoms with Crippen LogP contribution in [0.25, 0.3) is 0 Å². The van der Waals surface area contributed by atoms with E-state index in [0.29, 0.717) is 23.3 Å². The number of ether oxygens (including phenoxy) is 1. The highest BCUT2D eigenvalue weighted by Crippen LogP contribution is 2.15. The van der Waals surface area contributed by atoms with Crippen LogP contribution >= 0.6 is 11.3 Å². The summed E-state index contributed by atoms with van der Waals surface area (Å²) in [6, 6.07) is 1.71. The Morgan fingerprint density at radius 2 is 2.09 bits per heavy atom. The van der Waals surface area contributed by atoms with Crippen LogP contribution in [0.1, 0.15) is 19.0 Å². The highest BCUT2D eigenvalue weighted by Gasteiger charge is 2.07. The number of esters is 1. The Bertz CT molecular complexity index is 632. The van der Waals surface area contributed by atoms with Crippen LogP contribution in [0.2, 0.25) is 0 Å². The Morgan fingerprint density at radius 3 is 2.82 bits per heavy atom. The number of hydrogen-bond acceptors (Lipinski definition) is 8. The maximum absolute atomic E-state index is 11.6. The first-order chi connectivity index (χ1) is 10.6. The van der Waals surface area contributed by atoms with Crippen LogP contribution in [0.4, 0.5) is 11.1 Å². The van der Waals surface area contributed by atoms with Gasteiger partial charge in [-0.15, -0.1) is 11.3 Å². The standard InChI is InChI=1S/C13H15N5O3S/c1-9(19)17-13-18-10(8-22-13)7-21-11(20)3-6-16-12-14-4-2-5-15-12/h2,4-5,8H,3,6-7H2,1H3,(H,14,15,16)(H,17,18,19). The average Bonchev–Trinajstić information content (AvgIpc) is 2.93. The van der Waals surface area contributed by atoms with Gasteiger partial charge in [-0.3, -0.25) is 9.59 Å². The lowest BCUT2D eigenvalue weighted by molar-refractivity contribution is -0.144. The number of aromatic nitrogens is 3. The first-order valence-corrected chi connectivity index (χ1v) is 7.40. The van der Waals surface area contributed by atoms with Crippen molar-refractivity contribution >= 4 is 34.3 Å².